The van der Waals surface area contributed by atoms with Gasteiger partial charge in [0.1, 0.15) is 5.82 Å². The summed E-state index contributed by atoms with van der Waals surface area (Å²) in [6.45, 7) is 0. The van der Waals surface area contributed by atoms with Crippen molar-refractivity contribution in [2.75, 3.05) is 5.32 Å². The fraction of sp³-hybridized carbons (Fsp3) is 0.0455. The van der Waals surface area contributed by atoms with Crippen LogP contribution in [0.25, 0.3) is 22.3 Å². The first-order valence-electron chi connectivity index (χ1n) is 8.59. The molecule has 0 spiro atoms. The molecule has 0 aliphatic rings. The Hall–Kier alpha value is -3.73. The van der Waals surface area contributed by atoms with E-state index in [1.807, 2.05) is 66.7 Å². The van der Waals surface area contributed by atoms with E-state index in [1.54, 1.807) is 12.1 Å². The lowest BCUT2D eigenvalue weighted by Crippen LogP contribution is -2.01. The molecule has 0 aliphatic heterocycles. The van der Waals surface area contributed by atoms with Crippen LogP contribution in [-0.4, -0.2) is 21.0 Å². The Labute approximate surface area is 156 Å². The summed E-state index contributed by atoms with van der Waals surface area (Å²) in [4.78, 5) is 20.2. The number of aromatic nitrogens is 2. The smallest absolute Gasteiger partial charge is 0.307 e. The molecular weight excluding hydrogens is 338 g/mol. The van der Waals surface area contributed by atoms with Gasteiger partial charge >= 0.3 is 5.97 Å². The third kappa shape index (κ3) is 3.77. The zero-order valence-corrected chi connectivity index (χ0v) is 14.5. The van der Waals surface area contributed by atoms with Crippen molar-refractivity contribution in [3.63, 3.8) is 0 Å². The van der Waals surface area contributed by atoms with E-state index in [4.69, 9.17) is 10.1 Å². The lowest BCUT2D eigenvalue weighted by Gasteiger charge is -2.11. The molecule has 1 heterocycles. The number of carboxylic acids is 1. The van der Waals surface area contributed by atoms with Crippen molar-refractivity contribution in [1.82, 2.24) is 9.97 Å². The Morgan fingerprint density at radius 2 is 1.56 bits per heavy atom. The summed E-state index contributed by atoms with van der Waals surface area (Å²) in [5.41, 5.74) is 3.40. The maximum atomic E-state index is 10.8. The Bertz CT molecular complexity index is 1090. The van der Waals surface area contributed by atoms with Crippen molar-refractivity contribution in [1.29, 1.82) is 0 Å². The van der Waals surface area contributed by atoms with Crippen molar-refractivity contribution in [3.05, 3.63) is 84.4 Å². The number of aliphatic carboxylic acids is 1. The van der Waals surface area contributed by atoms with E-state index >= 15 is 0 Å². The van der Waals surface area contributed by atoms with Gasteiger partial charge in [0.05, 0.1) is 11.9 Å². The molecule has 0 atom stereocenters. The van der Waals surface area contributed by atoms with E-state index in [2.05, 4.69) is 10.3 Å². The average molecular weight is 355 g/mol. The monoisotopic (exact) mass is 355 g/mol. The summed E-state index contributed by atoms with van der Waals surface area (Å²) < 4.78 is 0. The molecule has 1 aromatic heterocycles. The summed E-state index contributed by atoms with van der Waals surface area (Å²) in [6, 6.07) is 25.0. The lowest BCUT2D eigenvalue weighted by atomic mass is 10.1. The van der Waals surface area contributed by atoms with Crippen LogP contribution >= 0.6 is 0 Å². The minimum absolute atomic E-state index is 0.00880. The second-order valence-electron chi connectivity index (χ2n) is 6.17. The van der Waals surface area contributed by atoms with Gasteiger partial charge in [-0.1, -0.05) is 54.6 Å². The van der Waals surface area contributed by atoms with E-state index in [9.17, 15) is 4.79 Å². The number of rotatable bonds is 5. The second kappa shape index (κ2) is 7.25. The van der Waals surface area contributed by atoms with Gasteiger partial charge < -0.3 is 10.4 Å². The molecule has 5 nitrogen and oxygen atoms in total. The molecule has 0 fully saturated rings. The molecule has 0 unspecified atom stereocenters. The van der Waals surface area contributed by atoms with Gasteiger partial charge in [-0.25, -0.2) is 9.97 Å². The minimum Gasteiger partial charge on any atom is -0.481 e. The van der Waals surface area contributed by atoms with Crippen LogP contribution in [0.5, 0.6) is 0 Å². The first kappa shape index (κ1) is 16.7. The van der Waals surface area contributed by atoms with Crippen molar-refractivity contribution in [3.8, 4) is 11.4 Å². The number of para-hydroxylation sites is 1. The van der Waals surface area contributed by atoms with Gasteiger partial charge in [0.2, 0.25) is 0 Å². The molecule has 0 amide bonds. The van der Waals surface area contributed by atoms with E-state index in [-0.39, 0.29) is 6.42 Å². The quantitative estimate of drug-likeness (QED) is 0.544. The number of fused-ring (bicyclic) bond motifs is 1. The molecule has 0 bridgehead atoms. The molecule has 0 saturated heterocycles. The van der Waals surface area contributed by atoms with Crippen molar-refractivity contribution >= 4 is 28.4 Å². The van der Waals surface area contributed by atoms with Crippen LogP contribution in [0.3, 0.4) is 0 Å². The third-order valence-electron chi connectivity index (χ3n) is 4.21. The predicted molar refractivity (Wildman–Crippen MR) is 106 cm³/mol. The highest BCUT2D eigenvalue weighted by Crippen LogP contribution is 2.27. The number of benzene rings is 3. The highest BCUT2D eigenvalue weighted by molar-refractivity contribution is 5.92. The molecule has 4 rings (SSSR count). The Morgan fingerprint density at radius 3 is 2.30 bits per heavy atom. The van der Waals surface area contributed by atoms with Gasteiger partial charge in [-0.2, -0.15) is 0 Å². The number of carbonyl (C=O) groups is 1. The van der Waals surface area contributed by atoms with E-state index < -0.39 is 5.97 Å². The van der Waals surface area contributed by atoms with Crippen LogP contribution < -0.4 is 5.32 Å². The first-order valence-corrected chi connectivity index (χ1v) is 8.59. The first-order chi connectivity index (χ1) is 13.2. The van der Waals surface area contributed by atoms with Crippen molar-refractivity contribution < 1.29 is 9.90 Å². The minimum atomic E-state index is -0.843. The molecular formula is C22H17N3O2. The Morgan fingerprint density at radius 1 is 0.852 bits per heavy atom. The predicted octanol–water partition coefficient (Wildman–Crippen LogP) is 4.67. The average Bonchev–Trinajstić information content (AvgIpc) is 2.70. The zero-order chi connectivity index (χ0) is 18.6. The molecule has 0 aliphatic carbocycles. The molecule has 4 aromatic rings. The van der Waals surface area contributed by atoms with Crippen LogP contribution in [0.1, 0.15) is 5.56 Å². The number of hydrogen-bond acceptors (Lipinski definition) is 4. The molecule has 0 saturated carbocycles. The Balaban J connectivity index is 1.73. The summed E-state index contributed by atoms with van der Waals surface area (Å²) in [6.07, 6.45) is 0.00880. The second-order valence-corrected chi connectivity index (χ2v) is 6.17. The standard InChI is InChI=1S/C22H17N3O2/c26-20(27)14-15-10-12-17(13-11-15)23-22-18-8-4-5-9-19(18)24-21(25-22)16-6-2-1-3-7-16/h1-13H,14H2,(H,26,27)(H,23,24,25). The van der Waals surface area contributed by atoms with Gasteiger partial charge in [0, 0.05) is 16.6 Å². The Kier molecular flexibility index (Phi) is 4.49. The highest BCUT2D eigenvalue weighted by Gasteiger charge is 2.09. The van der Waals surface area contributed by atoms with Crippen molar-refractivity contribution in [2.24, 2.45) is 0 Å². The number of nitrogens with one attached hydrogen (secondary N) is 1. The molecule has 2 N–H and O–H groups in total. The normalized spacial score (nSPS) is 10.7. The van der Waals surface area contributed by atoms with E-state index in [1.165, 1.54) is 0 Å². The highest BCUT2D eigenvalue weighted by atomic mass is 16.4. The summed E-state index contributed by atoms with van der Waals surface area (Å²) in [7, 11) is 0. The number of carboxylic acid groups (broad SMARTS) is 1. The fourth-order valence-corrected chi connectivity index (χ4v) is 2.91. The fourth-order valence-electron chi connectivity index (χ4n) is 2.91. The van der Waals surface area contributed by atoms with Crippen LogP contribution in [-0.2, 0) is 11.2 Å². The molecule has 132 valence electrons. The summed E-state index contributed by atoms with van der Waals surface area (Å²) >= 11 is 0. The number of anilines is 2. The summed E-state index contributed by atoms with van der Waals surface area (Å²) in [5, 5.41) is 13.2. The zero-order valence-electron chi connectivity index (χ0n) is 14.5. The molecule has 3 aromatic carbocycles. The van der Waals surface area contributed by atoms with Gasteiger partial charge in [-0.15, -0.1) is 0 Å². The van der Waals surface area contributed by atoms with E-state index in [0.717, 1.165) is 27.7 Å². The third-order valence-corrected chi connectivity index (χ3v) is 4.21. The number of hydrogen-bond donors (Lipinski definition) is 2. The van der Waals surface area contributed by atoms with Gasteiger partial charge in [0.15, 0.2) is 5.82 Å². The summed E-state index contributed by atoms with van der Waals surface area (Å²) in [5.74, 6) is 0.523. The largest absolute Gasteiger partial charge is 0.481 e. The van der Waals surface area contributed by atoms with Crippen molar-refractivity contribution in [2.45, 2.75) is 6.42 Å². The van der Waals surface area contributed by atoms with Gasteiger partial charge in [-0.05, 0) is 29.8 Å². The number of nitrogens with zero attached hydrogens (tertiary/aromatic N) is 2. The molecule has 0 radical (unpaired) electrons. The van der Waals surface area contributed by atoms with Crippen LogP contribution in [0.2, 0.25) is 0 Å². The van der Waals surface area contributed by atoms with Crippen LogP contribution in [0, 0.1) is 0 Å². The lowest BCUT2D eigenvalue weighted by molar-refractivity contribution is -0.136. The van der Waals surface area contributed by atoms with E-state index in [0.29, 0.717) is 11.6 Å². The topological polar surface area (TPSA) is 75.1 Å². The van der Waals surface area contributed by atoms with Gasteiger partial charge in [0.25, 0.3) is 0 Å². The molecule has 5 heteroatoms. The SMILES string of the molecule is O=C(O)Cc1ccc(Nc2nc(-c3ccccc3)nc3ccccc23)cc1. The molecule has 27 heavy (non-hydrogen) atoms. The van der Waals surface area contributed by atoms with Crippen LogP contribution in [0.15, 0.2) is 78.9 Å². The maximum absolute atomic E-state index is 10.8. The van der Waals surface area contributed by atoms with Crippen LogP contribution in [0.4, 0.5) is 11.5 Å². The maximum Gasteiger partial charge on any atom is 0.307 e. The van der Waals surface area contributed by atoms with Gasteiger partial charge in [-0.3, -0.25) is 4.79 Å².